The molecule has 2 rings (SSSR count). The van der Waals surface area contributed by atoms with Crippen LogP contribution in [0.3, 0.4) is 0 Å². The molecule has 1 aromatic carbocycles. The minimum atomic E-state index is -0.0430. The summed E-state index contributed by atoms with van der Waals surface area (Å²) in [4.78, 5) is 6.62. The Labute approximate surface area is 125 Å². The van der Waals surface area contributed by atoms with Gasteiger partial charge in [0.05, 0.1) is 6.04 Å². The minimum Gasteiger partial charge on any atom is -0.353 e. The van der Waals surface area contributed by atoms with Gasteiger partial charge in [0.2, 0.25) is 0 Å². The Bertz CT molecular complexity index is 566. The summed E-state index contributed by atoms with van der Waals surface area (Å²) >= 11 is 5.94. The van der Waals surface area contributed by atoms with Crippen LogP contribution >= 0.6 is 11.6 Å². The summed E-state index contributed by atoms with van der Waals surface area (Å²) in [5, 5.41) is 0.748. The Hall–Kier alpha value is -1.58. The van der Waals surface area contributed by atoms with Crippen LogP contribution in [0.25, 0.3) is 0 Å². The molecule has 1 heterocycles. The van der Waals surface area contributed by atoms with Crippen molar-refractivity contribution in [2.75, 3.05) is 11.9 Å². The first-order chi connectivity index (χ1) is 9.50. The van der Waals surface area contributed by atoms with Gasteiger partial charge < -0.3 is 10.6 Å². The Balaban J connectivity index is 2.31. The molecular formula is C16H20ClN3. The zero-order valence-corrected chi connectivity index (χ0v) is 12.8. The lowest BCUT2D eigenvalue weighted by atomic mass is 10.1. The number of anilines is 1. The van der Waals surface area contributed by atoms with Crippen molar-refractivity contribution in [3.8, 4) is 0 Å². The van der Waals surface area contributed by atoms with Gasteiger partial charge in [-0.15, -0.1) is 0 Å². The Morgan fingerprint density at radius 3 is 2.40 bits per heavy atom. The number of hydrogen-bond donors (Lipinski definition) is 1. The molecule has 0 aliphatic rings. The van der Waals surface area contributed by atoms with Gasteiger partial charge in [0.25, 0.3) is 0 Å². The summed E-state index contributed by atoms with van der Waals surface area (Å²) in [6.07, 6.45) is 1.80. The van der Waals surface area contributed by atoms with Gasteiger partial charge in [-0.1, -0.05) is 29.8 Å². The smallest absolute Gasteiger partial charge is 0.133 e. The summed E-state index contributed by atoms with van der Waals surface area (Å²) in [5.41, 5.74) is 8.27. The van der Waals surface area contributed by atoms with Crippen LogP contribution in [0.15, 0.2) is 42.6 Å². The lowest BCUT2D eigenvalue weighted by Crippen LogP contribution is -2.25. The SMILES string of the molecule is CC(c1ccc(Cl)cc1)N(C)c1ncccc1[C@H](C)N. The first kappa shape index (κ1) is 14.8. The molecule has 2 atom stereocenters. The van der Waals surface area contributed by atoms with Gasteiger partial charge in [-0.3, -0.25) is 0 Å². The zero-order chi connectivity index (χ0) is 14.7. The predicted octanol–water partition coefficient (Wildman–Crippen LogP) is 3.95. The predicted molar refractivity (Wildman–Crippen MR) is 85.1 cm³/mol. The molecule has 0 spiro atoms. The molecule has 1 aromatic heterocycles. The van der Waals surface area contributed by atoms with Crippen LogP contribution in [0.5, 0.6) is 0 Å². The average Bonchev–Trinajstić information content (AvgIpc) is 2.46. The fourth-order valence-electron chi connectivity index (χ4n) is 2.21. The molecule has 0 bridgehead atoms. The molecule has 0 aliphatic carbocycles. The van der Waals surface area contributed by atoms with Gasteiger partial charge in [-0.2, -0.15) is 0 Å². The van der Waals surface area contributed by atoms with E-state index in [-0.39, 0.29) is 12.1 Å². The molecule has 2 N–H and O–H groups in total. The molecular weight excluding hydrogens is 270 g/mol. The van der Waals surface area contributed by atoms with E-state index in [1.54, 1.807) is 6.20 Å². The van der Waals surface area contributed by atoms with Gasteiger partial charge >= 0.3 is 0 Å². The maximum Gasteiger partial charge on any atom is 0.133 e. The first-order valence-corrected chi connectivity index (χ1v) is 7.07. The number of rotatable bonds is 4. The van der Waals surface area contributed by atoms with Crippen molar-refractivity contribution in [1.29, 1.82) is 0 Å². The normalized spacial score (nSPS) is 13.8. The first-order valence-electron chi connectivity index (χ1n) is 6.69. The Morgan fingerprint density at radius 1 is 1.15 bits per heavy atom. The monoisotopic (exact) mass is 289 g/mol. The maximum atomic E-state index is 6.03. The Kier molecular flexibility index (Phi) is 4.63. The van der Waals surface area contributed by atoms with Crippen LogP contribution in [0.4, 0.5) is 5.82 Å². The third-order valence-corrected chi connectivity index (χ3v) is 3.83. The van der Waals surface area contributed by atoms with Gasteiger partial charge in [0.1, 0.15) is 5.82 Å². The van der Waals surface area contributed by atoms with Crippen LogP contribution in [-0.4, -0.2) is 12.0 Å². The van der Waals surface area contributed by atoms with Crippen LogP contribution < -0.4 is 10.6 Å². The van der Waals surface area contributed by atoms with E-state index >= 15 is 0 Å². The lowest BCUT2D eigenvalue weighted by molar-refractivity contribution is 0.709. The van der Waals surface area contributed by atoms with Crippen molar-refractivity contribution in [2.45, 2.75) is 25.9 Å². The van der Waals surface area contributed by atoms with E-state index in [1.165, 1.54) is 5.56 Å². The van der Waals surface area contributed by atoms with Crippen molar-refractivity contribution >= 4 is 17.4 Å². The summed E-state index contributed by atoms with van der Waals surface area (Å²) in [7, 11) is 2.04. The lowest BCUT2D eigenvalue weighted by Gasteiger charge is -2.29. The molecule has 0 fully saturated rings. The van der Waals surface area contributed by atoms with Crippen molar-refractivity contribution in [3.63, 3.8) is 0 Å². The molecule has 0 radical (unpaired) electrons. The van der Waals surface area contributed by atoms with E-state index in [2.05, 4.69) is 16.8 Å². The van der Waals surface area contributed by atoms with E-state index in [4.69, 9.17) is 17.3 Å². The number of nitrogens with two attached hydrogens (primary N) is 1. The highest BCUT2D eigenvalue weighted by Gasteiger charge is 2.17. The summed E-state index contributed by atoms with van der Waals surface area (Å²) in [6.45, 7) is 4.12. The highest BCUT2D eigenvalue weighted by molar-refractivity contribution is 6.30. The Morgan fingerprint density at radius 2 is 1.80 bits per heavy atom. The fourth-order valence-corrected chi connectivity index (χ4v) is 2.33. The molecule has 3 nitrogen and oxygen atoms in total. The van der Waals surface area contributed by atoms with E-state index in [9.17, 15) is 0 Å². The largest absolute Gasteiger partial charge is 0.353 e. The van der Waals surface area contributed by atoms with E-state index in [0.29, 0.717) is 0 Å². The number of pyridine rings is 1. The number of benzene rings is 1. The van der Waals surface area contributed by atoms with Gasteiger partial charge in [-0.05, 0) is 37.6 Å². The molecule has 0 saturated heterocycles. The van der Waals surface area contributed by atoms with Crippen LogP contribution in [0.1, 0.15) is 37.1 Å². The van der Waals surface area contributed by atoms with Crippen molar-refractivity contribution in [1.82, 2.24) is 4.98 Å². The van der Waals surface area contributed by atoms with Gasteiger partial charge in [0, 0.05) is 29.9 Å². The van der Waals surface area contributed by atoms with Crippen LogP contribution in [-0.2, 0) is 0 Å². The molecule has 0 saturated carbocycles. The van der Waals surface area contributed by atoms with Gasteiger partial charge in [-0.25, -0.2) is 4.98 Å². The molecule has 1 unspecified atom stereocenters. The molecule has 2 aromatic rings. The highest BCUT2D eigenvalue weighted by Crippen LogP contribution is 2.29. The second kappa shape index (κ2) is 6.25. The van der Waals surface area contributed by atoms with E-state index in [1.807, 2.05) is 50.4 Å². The molecule has 4 heteroatoms. The third-order valence-electron chi connectivity index (χ3n) is 3.57. The maximum absolute atomic E-state index is 6.03. The second-order valence-electron chi connectivity index (χ2n) is 5.04. The number of hydrogen-bond acceptors (Lipinski definition) is 3. The quantitative estimate of drug-likeness (QED) is 0.926. The minimum absolute atomic E-state index is 0.0430. The van der Waals surface area contributed by atoms with Crippen molar-refractivity contribution in [3.05, 3.63) is 58.7 Å². The van der Waals surface area contributed by atoms with Crippen LogP contribution in [0, 0.1) is 0 Å². The summed E-state index contributed by atoms with van der Waals surface area (Å²) in [6, 6.07) is 12.0. The topological polar surface area (TPSA) is 42.2 Å². The standard InChI is InChI=1S/C16H20ClN3/c1-11(18)15-5-4-10-19-16(15)20(3)12(2)13-6-8-14(17)9-7-13/h4-12H,18H2,1-3H3/t11-,12?/m0/s1. The van der Waals surface area contributed by atoms with Crippen LogP contribution in [0.2, 0.25) is 5.02 Å². The number of halogens is 1. The van der Waals surface area contributed by atoms with Crippen molar-refractivity contribution < 1.29 is 0 Å². The summed E-state index contributed by atoms with van der Waals surface area (Å²) in [5.74, 6) is 0.921. The highest BCUT2D eigenvalue weighted by atomic mass is 35.5. The fraction of sp³-hybridized carbons (Fsp3) is 0.312. The van der Waals surface area contributed by atoms with E-state index < -0.39 is 0 Å². The third kappa shape index (κ3) is 3.11. The second-order valence-corrected chi connectivity index (χ2v) is 5.48. The zero-order valence-electron chi connectivity index (χ0n) is 12.0. The summed E-state index contributed by atoms with van der Waals surface area (Å²) < 4.78 is 0. The number of nitrogens with zero attached hydrogens (tertiary/aromatic N) is 2. The van der Waals surface area contributed by atoms with E-state index in [0.717, 1.165) is 16.4 Å². The van der Waals surface area contributed by atoms with Crippen molar-refractivity contribution in [2.24, 2.45) is 5.73 Å². The molecule has 20 heavy (non-hydrogen) atoms. The molecule has 0 amide bonds. The van der Waals surface area contributed by atoms with Gasteiger partial charge in [0.15, 0.2) is 0 Å². The number of aromatic nitrogens is 1. The molecule has 106 valence electrons. The molecule has 0 aliphatic heterocycles. The average molecular weight is 290 g/mol.